The maximum atomic E-state index is 11.5. The monoisotopic (exact) mass is 1250 g/mol. The van der Waals surface area contributed by atoms with Crippen molar-refractivity contribution >= 4 is 25.3 Å². The maximum absolute atomic E-state index is 11.5. The maximum Gasteiger partial charge on any atom is 0.295 e. The molecule has 30 nitrogen and oxygen atoms in total. The van der Waals surface area contributed by atoms with E-state index in [1.807, 2.05) is 0 Å². The van der Waals surface area contributed by atoms with Crippen LogP contribution in [-0.4, -0.2) is 362 Å². The molecule has 0 aromatic carbocycles. The number of rotatable bonds is 80. The van der Waals surface area contributed by atoms with E-state index in [9.17, 15) is 14.4 Å². The first-order valence-electron chi connectivity index (χ1n) is 30.1. The van der Waals surface area contributed by atoms with E-state index in [0.717, 1.165) is 0 Å². The third kappa shape index (κ3) is 77.9. The fraction of sp³-hybridized carbons (Fsp3) is 0.945. The molecule has 0 atom stereocenters. The van der Waals surface area contributed by atoms with Crippen LogP contribution in [0, 0.1) is 0 Å². The van der Waals surface area contributed by atoms with Crippen LogP contribution in [0.1, 0.15) is 6.42 Å². The second kappa shape index (κ2) is 78.9. The Labute approximate surface area is 511 Å². The number of ether oxygens (including phenoxy) is 24. The summed E-state index contributed by atoms with van der Waals surface area (Å²) >= 11 is 0. The normalized spacial score (nSPS) is 11.5. The van der Waals surface area contributed by atoms with E-state index in [-0.39, 0.29) is 31.1 Å². The molecule has 0 aromatic rings. The minimum absolute atomic E-state index is 0.0255. The minimum atomic E-state index is -0.203. The summed E-state index contributed by atoms with van der Waals surface area (Å²) in [6, 6.07) is 0. The molecule has 4 N–H and O–H groups in total. The van der Waals surface area contributed by atoms with Crippen molar-refractivity contribution in [3.8, 4) is 0 Å². The van der Waals surface area contributed by atoms with Crippen molar-refractivity contribution in [2.24, 2.45) is 5.73 Å². The van der Waals surface area contributed by atoms with Crippen LogP contribution < -0.4 is 16.3 Å². The van der Waals surface area contributed by atoms with Gasteiger partial charge in [-0.1, -0.05) is 0 Å². The van der Waals surface area contributed by atoms with Gasteiger partial charge in [0, 0.05) is 19.5 Å². The van der Waals surface area contributed by atoms with Crippen LogP contribution in [0.3, 0.4) is 0 Å². The highest BCUT2D eigenvalue weighted by atomic mass is 16.6. The number of carbonyl (C=O) groups excluding carboxylic acids is 3. The molecule has 0 bridgehead atoms. The zero-order valence-corrected chi connectivity index (χ0v) is 51.5. The molecule has 1 radical (unpaired) electrons. The third-order valence-corrected chi connectivity index (χ3v) is 10.3. The topological polar surface area (TPSA) is 323 Å². The van der Waals surface area contributed by atoms with Crippen molar-refractivity contribution in [2.75, 3.05) is 337 Å². The van der Waals surface area contributed by atoms with E-state index in [2.05, 4.69) is 10.5 Å². The molecule has 1 amide bonds. The van der Waals surface area contributed by atoms with Gasteiger partial charge in [0.05, 0.1) is 324 Å². The van der Waals surface area contributed by atoms with Gasteiger partial charge in [-0.3, -0.25) is 4.79 Å². The number of carbonyl (C=O) groups is 3. The number of amides is 1. The van der Waals surface area contributed by atoms with Gasteiger partial charge in [0.2, 0.25) is 5.91 Å². The summed E-state index contributed by atoms with van der Waals surface area (Å²) in [6.07, 6.45) is 0.930. The molecule has 31 heteroatoms. The Morgan fingerprint density at radius 1 is 0.267 bits per heavy atom. The zero-order valence-electron chi connectivity index (χ0n) is 51.5. The van der Waals surface area contributed by atoms with Crippen molar-refractivity contribution in [3.05, 3.63) is 0 Å². The van der Waals surface area contributed by atoms with Gasteiger partial charge in [0.15, 0.2) is 0 Å². The number of nitrogens with two attached hydrogens (primary N) is 1. The minimum Gasteiger partial charge on any atom is -0.379 e. The van der Waals surface area contributed by atoms with E-state index in [1.165, 1.54) is 7.41 Å². The summed E-state index contributed by atoms with van der Waals surface area (Å²) in [7, 11) is 1.28. The molecule has 0 aliphatic heterocycles. The highest BCUT2D eigenvalue weighted by Crippen LogP contribution is 1.92. The molecule has 509 valence electrons. The quantitative estimate of drug-likeness (QED) is 0.0330. The molecule has 0 fully saturated rings. The van der Waals surface area contributed by atoms with Crippen LogP contribution in [0.5, 0.6) is 0 Å². The van der Waals surface area contributed by atoms with Crippen molar-refractivity contribution in [1.82, 2.24) is 10.5 Å². The molecule has 0 aliphatic carbocycles. The van der Waals surface area contributed by atoms with E-state index >= 15 is 0 Å². The van der Waals surface area contributed by atoms with Crippen molar-refractivity contribution in [2.45, 2.75) is 6.42 Å². The molecule has 0 saturated heterocycles. The fourth-order valence-corrected chi connectivity index (χ4v) is 5.96. The lowest BCUT2D eigenvalue weighted by Crippen LogP contribution is -2.32. The highest BCUT2D eigenvalue weighted by molar-refractivity contribution is 6.72. The van der Waals surface area contributed by atoms with E-state index < -0.39 is 0 Å². The lowest BCUT2D eigenvalue weighted by atomic mass is 9.85. The molecule has 0 spiro atoms. The summed E-state index contributed by atoms with van der Waals surface area (Å²) in [4.78, 5) is 32.6. The molecule has 0 heterocycles. The first-order valence-corrected chi connectivity index (χ1v) is 30.1. The third-order valence-electron chi connectivity index (χ3n) is 10.3. The lowest BCUT2D eigenvalue weighted by molar-refractivity contribution is -0.120. The molecule has 86 heavy (non-hydrogen) atoms. The smallest absolute Gasteiger partial charge is 0.295 e. The predicted molar refractivity (Wildman–Crippen MR) is 311 cm³/mol. The lowest BCUT2D eigenvalue weighted by Gasteiger charge is -2.09. The summed E-state index contributed by atoms with van der Waals surface area (Å²) in [5.41, 5.74) is 5.08. The van der Waals surface area contributed by atoms with Crippen LogP contribution >= 0.6 is 0 Å². The molecule has 0 rings (SSSR count). The SMILES string of the molecule is NCC(=O)NCCOCCOCCOCCOCCOCCOCCOCCOCCOCCOCCOCCOCCOCCOCCOCCOCCOCCOCCOCCOCCOCCOCCOCCOCCC(=O)[B]NCC=O. The van der Waals surface area contributed by atoms with Gasteiger partial charge in [0.1, 0.15) is 12.0 Å². The Balaban J connectivity index is 3.10. The van der Waals surface area contributed by atoms with Gasteiger partial charge in [-0.15, -0.1) is 0 Å². The Bertz CT molecular complexity index is 1320. The number of hydrogen-bond acceptors (Lipinski definition) is 29. The van der Waals surface area contributed by atoms with Crippen LogP contribution in [0.4, 0.5) is 0 Å². The summed E-state index contributed by atoms with van der Waals surface area (Å²) < 4.78 is 132. The van der Waals surface area contributed by atoms with Gasteiger partial charge in [-0.25, -0.2) is 0 Å². The summed E-state index contributed by atoms with van der Waals surface area (Å²) in [6.45, 7) is 22.8. The van der Waals surface area contributed by atoms with Gasteiger partial charge < -0.3 is 140 Å². The van der Waals surface area contributed by atoms with Gasteiger partial charge in [-0.2, -0.15) is 0 Å². The second-order valence-corrected chi connectivity index (χ2v) is 17.2. The van der Waals surface area contributed by atoms with Gasteiger partial charge >= 0.3 is 0 Å². The molecule has 0 unspecified atom stereocenters. The van der Waals surface area contributed by atoms with Gasteiger partial charge in [0.25, 0.3) is 7.41 Å². The van der Waals surface area contributed by atoms with Crippen LogP contribution in [0.15, 0.2) is 0 Å². The zero-order chi connectivity index (χ0) is 61.7. The standard InChI is InChI=1S/C55H109BN3O27/c57-53-55(62)58-3-6-64-8-10-66-12-14-68-16-18-70-20-22-72-24-26-74-28-30-76-32-34-78-36-38-80-40-42-82-44-46-84-48-50-86-52-51-85-49-47-83-45-43-81-41-39-79-37-35-77-33-31-75-29-27-73-25-23-71-21-19-69-17-15-67-13-11-65-9-7-63-5-1-54(61)56-59-2-4-60/h4,59H,1-3,5-53,57H2,(H,58,62). The Morgan fingerprint density at radius 2 is 0.430 bits per heavy atom. The fourth-order valence-electron chi connectivity index (χ4n) is 5.96. The van der Waals surface area contributed by atoms with E-state index in [0.29, 0.717) is 330 Å². The van der Waals surface area contributed by atoms with Gasteiger partial charge in [-0.05, 0) is 0 Å². The average Bonchev–Trinajstić information content (AvgIpc) is 3.52. The number of aldehydes is 1. The Hall–Kier alpha value is -2.17. The first kappa shape index (κ1) is 83.8. The van der Waals surface area contributed by atoms with E-state index in [1.54, 1.807) is 0 Å². The summed E-state index contributed by atoms with van der Waals surface area (Å²) in [5, 5.41) is 5.22. The average molecular weight is 1260 g/mol. The molecular formula is C55H109BN3O27. The van der Waals surface area contributed by atoms with Crippen LogP contribution in [0.25, 0.3) is 0 Å². The second-order valence-electron chi connectivity index (χ2n) is 17.2. The van der Waals surface area contributed by atoms with Crippen molar-refractivity contribution in [1.29, 1.82) is 0 Å². The first-order chi connectivity index (χ1) is 42.7. The Kier molecular flexibility index (Phi) is 76.9. The van der Waals surface area contributed by atoms with Crippen LogP contribution in [0.2, 0.25) is 0 Å². The molecule has 0 saturated carbocycles. The predicted octanol–water partition coefficient (Wildman–Crippen LogP) is -2.22. The highest BCUT2D eigenvalue weighted by Gasteiger charge is 2.05. The summed E-state index contributed by atoms with van der Waals surface area (Å²) in [5.74, 6) is -0.203. The molecule has 0 aromatic heterocycles. The van der Waals surface area contributed by atoms with Crippen molar-refractivity contribution in [3.63, 3.8) is 0 Å². The van der Waals surface area contributed by atoms with E-state index in [4.69, 9.17) is 119 Å². The number of hydrogen-bond donors (Lipinski definition) is 3. The molecular weight excluding hydrogens is 1150 g/mol. The van der Waals surface area contributed by atoms with Crippen molar-refractivity contribution < 1.29 is 128 Å². The largest absolute Gasteiger partial charge is 0.379 e. The Morgan fingerprint density at radius 3 is 0.593 bits per heavy atom. The molecule has 0 aliphatic rings. The van der Waals surface area contributed by atoms with Crippen LogP contribution in [-0.2, 0) is 128 Å². The number of nitrogens with one attached hydrogen (secondary N) is 2.